The quantitative estimate of drug-likeness (QED) is 0.682. The van der Waals surface area contributed by atoms with E-state index in [4.69, 9.17) is 21.1 Å². The van der Waals surface area contributed by atoms with E-state index in [1.165, 1.54) is 0 Å². The highest BCUT2D eigenvalue weighted by molar-refractivity contribution is 6.40. The van der Waals surface area contributed by atoms with Gasteiger partial charge in [0.25, 0.3) is 0 Å². The number of ether oxygens (including phenoxy) is 2. The molecule has 0 fully saturated rings. The van der Waals surface area contributed by atoms with Gasteiger partial charge in [-0.1, -0.05) is 23.7 Å². The van der Waals surface area contributed by atoms with Gasteiger partial charge >= 0.3 is 11.8 Å². The molecule has 1 aliphatic rings. The van der Waals surface area contributed by atoms with Gasteiger partial charge in [-0.05, 0) is 48.7 Å². The molecular formula is C19H19ClN2O5. The van der Waals surface area contributed by atoms with E-state index in [0.717, 1.165) is 0 Å². The first-order valence-corrected chi connectivity index (χ1v) is 8.75. The van der Waals surface area contributed by atoms with Gasteiger partial charge in [-0.25, -0.2) is 0 Å². The van der Waals surface area contributed by atoms with Crippen LogP contribution in [0.25, 0.3) is 0 Å². The second kappa shape index (κ2) is 8.28. The number of fused-ring (bicyclic) bond motifs is 1. The van der Waals surface area contributed by atoms with E-state index in [9.17, 15) is 14.7 Å². The summed E-state index contributed by atoms with van der Waals surface area (Å²) in [6.45, 7) is 2.04. The van der Waals surface area contributed by atoms with Gasteiger partial charge in [0.1, 0.15) is 0 Å². The van der Waals surface area contributed by atoms with Crippen molar-refractivity contribution in [3.05, 3.63) is 52.5 Å². The summed E-state index contributed by atoms with van der Waals surface area (Å²) >= 11 is 5.99. The first-order chi connectivity index (χ1) is 13.0. The van der Waals surface area contributed by atoms with Gasteiger partial charge in [0, 0.05) is 17.3 Å². The van der Waals surface area contributed by atoms with E-state index in [1.54, 1.807) is 43.3 Å². The second-order valence-corrected chi connectivity index (χ2v) is 6.45. The van der Waals surface area contributed by atoms with Crippen molar-refractivity contribution >= 4 is 29.1 Å². The Labute approximate surface area is 161 Å². The molecule has 0 saturated heterocycles. The first kappa shape index (κ1) is 19.0. The molecule has 0 aromatic heterocycles. The Balaban J connectivity index is 1.48. The van der Waals surface area contributed by atoms with Crippen LogP contribution in [0.5, 0.6) is 11.5 Å². The van der Waals surface area contributed by atoms with Crippen LogP contribution in [0, 0.1) is 6.92 Å². The van der Waals surface area contributed by atoms with Crippen molar-refractivity contribution in [1.29, 1.82) is 0 Å². The second-order valence-electron chi connectivity index (χ2n) is 6.04. The van der Waals surface area contributed by atoms with Crippen LogP contribution in [0.1, 0.15) is 23.7 Å². The predicted octanol–water partition coefficient (Wildman–Crippen LogP) is 2.56. The Bertz CT molecular complexity index is 871. The molecule has 0 radical (unpaired) electrons. The summed E-state index contributed by atoms with van der Waals surface area (Å²) in [6, 6.07) is 10.2. The summed E-state index contributed by atoms with van der Waals surface area (Å²) in [5.74, 6) is -0.371. The van der Waals surface area contributed by atoms with Crippen LogP contribution in [0.15, 0.2) is 36.4 Å². The van der Waals surface area contributed by atoms with Crippen molar-refractivity contribution in [2.75, 3.05) is 18.7 Å². The molecule has 0 bridgehead atoms. The van der Waals surface area contributed by atoms with Crippen LogP contribution in [0.4, 0.5) is 5.69 Å². The summed E-state index contributed by atoms with van der Waals surface area (Å²) in [4.78, 5) is 23.9. The van der Waals surface area contributed by atoms with Crippen LogP contribution in [0.3, 0.4) is 0 Å². The lowest BCUT2D eigenvalue weighted by Crippen LogP contribution is -2.36. The maximum atomic E-state index is 12.0. The number of benzene rings is 2. The predicted molar refractivity (Wildman–Crippen MR) is 100.0 cm³/mol. The SMILES string of the molecule is Cc1c(Cl)cccc1NC(=O)C(=O)NCC[C@H](O)c1ccc2c(c1)OCO2. The fourth-order valence-corrected chi connectivity index (χ4v) is 2.79. The Morgan fingerprint density at radius 3 is 2.78 bits per heavy atom. The fourth-order valence-electron chi connectivity index (χ4n) is 2.61. The molecule has 2 amide bonds. The summed E-state index contributed by atoms with van der Waals surface area (Å²) in [6.07, 6.45) is -0.562. The van der Waals surface area contributed by atoms with Crippen molar-refractivity contribution in [2.45, 2.75) is 19.4 Å². The monoisotopic (exact) mass is 390 g/mol. The van der Waals surface area contributed by atoms with Crippen LogP contribution >= 0.6 is 11.6 Å². The van der Waals surface area contributed by atoms with Gasteiger partial charge in [-0.3, -0.25) is 9.59 Å². The number of halogens is 1. The summed E-state index contributed by atoms with van der Waals surface area (Å²) in [5.41, 5.74) is 1.80. The fraction of sp³-hybridized carbons (Fsp3) is 0.263. The molecule has 2 aromatic carbocycles. The van der Waals surface area contributed by atoms with Crippen molar-refractivity contribution in [3.63, 3.8) is 0 Å². The van der Waals surface area contributed by atoms with Crippen molar-refractivity contribution in [2.24, 2.45) is 0 Å². The van der Waals surface area contributed by atoms with E-state index < -0.39 is 17.9 Å². The summed E-state index contributed by atoms with van der Waals surface area (Å²) < 4.78 is 10.5. The Kier molecular flexibility index (Phi) is 5.83. The molecule has 2 aromatic rings. The number of carbonyl (C=O) groups excluding carboxylic acids is 2. The van der Waals surface area contributed by atoms with Gasteiger partial charge in [-0.2, -0.15) is 0 Å². The van der Waals surface area contributed by atoms with Crippen molar-refractivity contribution in [3.8, 4) is 11.5 Å². The maximum Gasteiger partial charge on any atom is 0.313 e. The summed E-state index contributed by atoms with van der Waals surface area (Å²) in [5, 5.41) is 15.8. The average Bonchev–Trinajstić information content (AvgIpc) is 3.13. The topological polar surface area (TPSA) is 96.9 Å². The lowest BCUT2D eigenvalue weighted by Gasteiger charge is -2.13. The van der Waals surface area contributed by atoms with E-state index in [2.05, 4.69) is 10.6 Å². The zero-order chi connectivity index (χ0) is 19.4. The number of aliphatic hydroxyl groups is 1. The van der Waals surface area contributed by atoms with E-state index >= 15 is 0 Å². The Morgan fingerprint density at radius 2 is 1.96 bits per heavy atom. The summed E-state index contributed by atoms with van der Waals surface area (Å²) in [7, 11) is 0. The van der Waals surface area contributed by atoms with Crippen LogP contribution in [0.2, 0.25) is 5.02 Å². The number of rotatable bonds is 5. The number of amides is 2. The van der Waals surface area contributed by atoms with Crippen LogP contribution < -0.4 is 20.1 Å². The van der Waals surface area contributed by atoms with Crippen molar-refractivity contribution < 1.29 is 24.2 Å². The molecule has 0 aliphatic carbocycles. The molecule has 1 atom stereocenters. The number of anilines is 1. The molecule has 142 valence electrons. The van der Waals surface area contributed by atoms with Gasteiger partial charge in [-0.15, -0.1) is 0 Å². The lowest BCUT2D eigenvalue weighted by atomic mass is 10.1. The largest absolute Gasteiger partial charge is 0.454 e. The standard InChI is InChI=1S/C19H19ClN2O5/c1-11-13(20)3-2-4-14(11)22-19(25)18(24)21-8-7-15(23)12-5-6-16-17(9-12)27-10-26-16/h2-6,9,15,23H,7-8,10H2,1H3,(H,21,24)(H,22,25)/t15-/m0/s1. The molecule has 3 N–H and O–H groups in total. The minimum atomic E-state index is -0.807. The molecule has 0 unspecified atom stereocenters. The third-order valence-electron chi connectivity index (χ3n) is 4.21. The van der Waals surface area contributed by atoms with E-state index in [-0.39, 0.29) is 19.8 Å². The number of aliphatic hydroxyl groups excluding tert-OH is 1. The minimum Gasteiger partial charge on any atom is -0.454 e. The molecule has 0 saturated carbocycles. The van der Waals surface area contributed by atoms with Crippen LogP contribution in [-0.2, 0) is 9.59 Å². The number of hydrogen-bond donors (Lipinski definition) is 3. The van der Waals surface area contributed by atoms with E-state index in [1.807, 2.05) is 0 Å². The molecule has 1 heterocycles. The maximum absolute atomic E-state index is 12.0. The van der Waals surface area contributed by atoms with E-state index in [0.29, 0.717) is 33.3 Å². The zero-order valence-corrected chi connectivity index (χ0v) is 15.4. The van der Waals surface area contributed by atoms with Crippen LogP contribution in [-0.4, -0.2) is 30.3 Å². The van der Waals surface area contributed by atoms with Crippen molar-refractivity contribution in [1.82, 2.24) is 5.32 Å². The number of nitrogens with one attached hydrogen (secondary N) is 2. The zero-order valence-electron chi connectivity index (χ0n) is 14.6. The normalized spacial score (nSPS) is 13.1. The molecule has 27 heavy (non-hydrogen) atoms. The highest BCUT2D eigenvalue weighted by Gasteiger charge is 2.18. The lowest BCUT2D eigenvalue weighted by molar-refractivity contribution is -0.136. The molecule has 0 spiro atoms. The third-order valence-corrected chi connectivity index (χ3v) is 4.62. The van der Waals surface area contributed by atoms with Gasteiger partial charge in [0.2, 0.25) is 6.79 Å². The molecule has 8 heteroatoms. The Morgan fingerprint density at radius 1 is 1.19 bits per heavy atom. The van der Waals surface area contributed by atoms with Gasteiger partial charge in [0.15, 0.2) is 11.5 Å². The average molecular weight is 391 g/mol. The third kappa shape index (κ3) is 4.50. The molecule has 1 aliphatic heterocycles. The molecule has 7 nitrogen and oxygen atoms in total. The highest BCUT2D eigenvalue weighted by atomic mass is 35.5. The first-order valence-electron chi connectivity index (χ1n) is 8.37. The Hall–Kier alpha value is -2.77. The van der Waals surface area contributed by atoms with Gasteiger partial charge < -0.3 is 25.2 Å². The molecule has 3 rings (SSSR count). The molecular weight excluding hydrogens is 372 g/mol. The number of hydrogen-bond acceptors (Lipinski definition) is 5. The number of carbonyl (C=O) groups is 2. The minimum absolute atomic E-state index is 0.135. The highest BCUT2D eigenvalue weighted by Crippen LogP contribution is 2.34. The smallest absolute Gasteiger partial charge is 0.313 e. The van der Waals surface area contributed by atoms with Gasteiger partial charge in [0.05, 0.1) is 6.10 Å².